The van der Waals surface area contributed by atoms with Gasteiger partial charge in [-0.15, -0.1) is 0 Å². The van der Waals surface area contributed by atoms with Gasteiger partial charge in [-0.25, -0.2) is 9.69 Å². The summed E-state index contributed by atoms with van der Waals surface area (Å²) >= 11 is 0. The molecule has 1 aliphatic heterocycles. The van der Waals surface area contributed by atoms with E-state index < -0.39 is 0 Å². The van der Waals surface area contributed by atoms with Crippen LogP contribution in [0, 0.1) is 0 Å². The van der Waals surface area contributed by atoms with Gasteiger partial charge in [0.1, 0.15) is 12.2 Å². The van der Waals surface area contributed by atoms with Crippen LogP contribution in [0.2, 0.25) is 0 Å². The van der Waals surface area contributed by atoms with E-state index in [1.807, 2.05) is 35.3 Å². The highest BCUT2D eigenvalue weighted by Gasteiger charge is 2.20. The molecule has 1 aromatic carbocycles. The molecule has 23 heavy (non-hydrogen) atoms. The zero-order chi connectivity index (χ0) is 16.1. The second-order valence-electron chi connectivity index (χ2n) is 5.75. The van der Waals surface area contributed by atoms with Crippen molar-refractivity contribution in [3.8, 4) is 5.88 Å². The lowest BCUT2D eigenvalue weighted by atomic mass is 10.2. The van der Waals surface area contributed by atoms with Gasteiger partial charge >= 0.3 is 0 Å². The van der Waals surface area contributed by atoms with Crippen LogP contribution in [0.25, 0.3) is 0 Å². The number of carbonyl (C=O) groups excluding carboxylic acids is 1. The first-order chi connectivity index (χ1) is 11.2. The van der Waals surface area contributed by atoms with Gasteiger partial charge in [-0.3, -0.25) is 10.2 Å². The first-order valence-electron chi connectivity index (χ1n) is 7.98. The third kappa shape index (κ3) is 3.90. The number of benzene rings is 1. The number of nitrogens with zero attached hydrogens (tertiary/aromatic N) is 3. The average molecular weight is 314 g/mol. The van der Waals surface area contributed by atoms with Gasteiger partial charge in [0, 0.05) is 20.1 Å². The van der Waals surface area contributed by atoms with Crippen molar-refractivity contribution in [1.29, 1.82) is 0 Å². The minimum Gasteiger partial charge on any atom is -0.472 e. The molecule has 1 aliphatic rings. The highest BCUT2D eigenvalue weighted by atomic mass is 16.5. The van der Waals surface area contributed by atoms with Crippen LogP contribution in [0.5, 0.6) is 5.88 Å². The van der Waals surface area contributed by atoms with E-state index in [4.69, 9.17) is 4.74 Å². The molecule has 0 saturated carbocycles. The van der Waals surface area contributed by atoms with Crippen molar-refractivity contribution in [3.63, 3.8) is 0 Å². The van der Waals surface area contributed by atoms with E-state index in [0.717, 1.165) is 31.5 Å². The Morgan fingerprint density at radius 3 is 2.70 bits per heavy atom. The standard InChI is InChI=1S/C17H22N4O2/c1-20-17(23-13-14-8-4-2-5-9-14)15(12-18-20)16(22)19-21-10-6-3-7-11-21/h2,4-5,8-9,12H,3,6-7,10-11,13H2,1H3,(H,19,22). The van der Waals surface area contributed by atoms with Crippen molar-refractivity contribution >= 4 is 5.91 Å². The molecule has 0 radical (unpaired) electrons. The molecule has 6 heteroatoms. The van der Waals surface area contributed by atoms with Gasteiger partial charge in [-0.05, 0) is 18.4 Å². The van der Waals surface area contributed by atoms with E-state index in [1.54, 1.807) is 17.9 Å². The monoisotopic (exact) mass is 314 g/mol. The van der Waals surface area contributed by atoms with Crippen molar-refractivity contribution in [1.82, 2.24) is 20.2 Å². The molecule has 0 aliphatic carbocycles. The number of rotatable bonds is 5. The molecule has 1 N–H and O–H groups in total. The normalized spacial score (nSPS) is 15.3. The number of piperidine rings is 1. The molecule has 3 rings (SSSR count). The fraction of sp³-hybridized carbons (Fsp3) is 0.412. The minimum atomic E-state index is -0.164. The summed E-state index contributed by atoms with van der Waals surface area (Å²) in [7, 11) is 1.78. The first-order valence-corrected chi connectivity index (χ1v) is 7.98. The second kappa shape index (κ2) is 7.28. The number of hydrazine groups is 1. The van der Waals surface area contributed by atoms with Gasteiger partial charge in [0.15, 0.2) is 0 Å². The van der Waals surface area contributed by atoms with Crippen LogP contribution in [0.4, 0.5) is 0 Å². The molecule has 122 valence electrons. The van der Waals surface area contributed by atoms with Gasteiger partial charge in [0.25, 0.3) is 5.91 Å². The lowest BCUT2D eigenvalue weighted by Crippen LogP contribution is -2.45. The number of hydrogen-bond acceptors (Lipinski definition) is 4. The molecule has 0 spiro atoms. The Kier molecular flexibility index (Phi) is 4.92. The summed E-state index contributed by atoms with van der Waals surface area (Å²) in [5.74, 6) is 0.325. The number of carbonyl (C=O) groups is 1. The third-order valence-electron chi connectivity index (χ3n) is 3.96. The Morgan fingerprint density at radius 1 is 1.22 bits per heavy atom. The van der Waals surface area contributed by atoms with E-state index >= 15 is 0 Å². The summed E-state index contributed by atoms with van der Waals surface area (Å²) in [5.41, 5.74) is 4.47. The molecule has 2 aromatic rings. The number of nitrogens with one attached hydrogen (secondary N) is 1. The number of aryl methyl sites for hydroxylation is 1. The fourth-order valence-electron chi connectivity index (χ4n) is 2.69. The van der Waals surface area contributed by atoms with Gasteiger partial charge in [-0.1, -0.05) is 36.8 Å². The van der Waals surface area contributed by atoms with Crippen LogP contribution < -0.4 is 10.2 Å². The predicted octanol–water partition coefficient (Wildman–Crippen LogP) is 2.13. The zero-order valence-corrected chi connectivity index (χ0v) is 13.4. The number of aromatic nitrogens is 2. The third-order valence-corrected chi connectivity index (χ3v) is 3.96. The molecule has 0 unspecified atom stereocenters. The lowest BCUT2D eigenvalue weighted by molar-refractivity contribution is 0.0745. The van der Waals surface area contributed by atoms with Crippen LogP contribution in [0.3, 0.4) is 0 Å². The van der Waals surface area contributed by atoms with E-state index in [2.05, 4.69) is 10.5 Å². The molecule has 6 nitrogen and oxygen atoms in total. The topological polar surface area (TPSA) is 59.4 Å². The smallest absolute Gasteiger partial charge is 0.272 e. The largest absolute Gasteiger partial charge is 0.472 e. The van der Waals surface area contributed by atoms with Crippen LogP contribution in [-0.4, -0.2) is 33.8 Å². The maximum absolute atomic E-state index is 12.5. The van der Waals surface area contributed by atoms with E-state index in [9.17, 15) is 4.79 Å². The Balaban J connectivity index is 1.66. The van der Waals surface area contributed by atoms with Crippen molar-refractivity contribution in [2.45, 2.75) is 25.9 Å². The van der Waals surface area contributed by atoms with Gasteiger partial charge in [0.05, 0.1) is 6.20 Å². The quantitative estimate of drug-likeness (QED) is 0.918. The van der Waals surface area contributed by atoms with Crippen LogP contribution in [-0.2, 0) is 13.7 Å². The molecule has 0 bridgehead atoms. The summed E-state index contributed by atoms with van der Waals surface area (Å²) < 4.78 is 7.42. The van der Waals surface area contributed by atoms with E-state index in [1.165, 1.54) is 6.42 Å². The summed E-state index contributed by atoms with van der Waals surface area (Å²) in [6.07, 6.45) is 5.01. The molecule has 0 atom stereocenters. The minimum absolute atomic E-state index is 0.164. The van der Waals surface area contributed by atoms with Gasteiger partial charge in [0.2, 0.25) is 5.88 Å². The Bertz CT molecular complexity index is 648. The first kappa shape index (κ1) is 15.6. The number of amides is 1. The molecule has 2 heterocycles. The Hall–Kier alpha value is -2.34. The number of hydrogen-bond donors (Lipinski definition) is 1. The summed E-state index contributed by atoms with van der Waals surface area (Å²) in [6.45, 7) is 2.20. The second-order valence-corrected chi connectivity index (χ2v) is 5.75. The summed E-state index contributed by atoms with van der Waals surface area (Å²) in [5, 5.41) is 6.13. The van der Waals surface area contributed by atoms with E-state index in [0.29, 0.717) is 18.1 Å². The maximum atomic E-state index is 12.5. The highest BCUT2D eigenvalue weighted by molar-refractivity contribution is 5.95. The Labute approximate surface area is 136 Å². The average Bonchev–Trinajstić information content (AvgIpc) is 2.96. The Morgan fingerprint density at radius 2 is 1.96 bits per heavy atom. The van der Waals surface area contributed by atoms with Gasteiger partial charge < -0.3 is 4.74 Å². The fourth-order valence-corrected chi connectivity index (χ4v) is 2.69. The van der Waals surface area contributed by atoms with Crippen molar-refractivity contribution < 1.29 is 9.53 Å². The maximum Gasteiger partial charge on any atom is 0.272 e. The molecule has 1 amide bonds. The van der Waals surface area contributed by atoms with E-state index in [-0.39, 0.29) is 5.91 Å². The van der Waals surface area contributed by atoms with Crippen LogP contribution >= 0.6 is 0 Å². The van der Waals surface area contributed by atoms with Crippen LogP contribution in [0.1, 0.15) is 35.2 Å². The molecule has 1 fully saturated rings. The van der Waals surface area contributed by atoms with Crippen LogP contribution in [0.15, 0.2) is 36.5 Å². The molecule has 1 saturated heterocycles. The SMILES string of the molecule is Cn1ncc(C(=O)NN2CCCCC2)c1OCc1ccccc1. The predicted molar refractivity (Wildman–Crippen MR) is 86.9 cm³/mol. The van der Waals surface area contributed by atoms with Crippen molar-refractivity contribution in [3.05, 3.63) is 47.7 Å². The molecular formula is C17H22N4O2. The lowest BCUT2D eigenvalue weighted by Gasteiger charge is -2.26. The summed E-state index contributed by atoms with van der Waals surface area (Å²) in [6, 6.07) is 9.87. The molecule has 1 aromatic heterocycles. The van der Waals surface area contributed by atoms with Crippen molar-refractivity contribution in [2.24, 2.45) is 7.05 Å². The number of ether oxygens (including phenoxy) is 1. The zero-order valence-electron chi connectivity index (χ0n) is 13.4. The molecular weight excluding hydrogens is 292 g/mol. The highest BCUT2D eigenvalue weighted by Crippen LogP contribution is 2.19. The summed E-state index contributed by atoms with van der Waals surface area (Å²) in [4.78, 5) is 12.5. The van der Waals surface area contributed by atoms with Gasteiger partial charge in [-0.2, -0.15) is 5.10 Å². The van der Waals surface area contributed by atoms with Crippen molar-refractivity contribution in [2.75, 3.05) is 13.1 Å².